The third kappa shape index (κ3) is 4.89. The molecule has 3 aromatic heterocycles. The number of aromatic nitrogens is 4. The van der Waals surface area contributed by atoms with Gasteiger partial charge in [0.25, 0.3) is 5.91 Å². The van der Waals surface area contributed by atoms with Crippen LogP contribution in [0.2, 0.25) is 0 Å². The van der Waals surface area contributed by atoms with Crippen molar-refractivity contribution >= 4 is 49.3 Å². The number of carbonyl (C=O) groups excluding carboxylic acids is 1. The molecule has 4 heterocycles. The predicted octanol–water partition coefficient (Wildman–Crippen LogP) is 7.57. The van der Waals surface area contributed by atoms with E-state index in [1.165, 1.54) is 22.5 Å². The first-order chi connectivity index (χ1) is 21.7. The fourth-order valence-corrected chi connectivity index (χ4v) is 6.91. The normalized spacial score (nSPS) is 12.9. The molecule has 0 saturated carbocycles. The SMILES string of the molecule is O=C(Nc1nc2ccccc2s1)c1cccc2c1CN(c1ccc(-c3cccc4c3cnn4Cc3ccccc3)cn1)CC2. The predicted molar refractivity (Wildman–Crippen MR) is 177 cm³/mol. The van der Waals surface area contributed by atoms with Gasteiger partial charge in [0, 0.05) is 35.8 Å². The smallest absolute Gasteiger partial charge is 0.257 e. The first-order valence-electron chi connectivity index (χ1n) is 14.7. The highest BCUT2D eigenvalue weighted by atomic mass is 32.1. The second-order valence-corrected chi connectivity index (χ2v) is 12.0. The van der Waals surface area contributed by atoms with E-state index in [4.69, 9.17) is 10.1 Å². The molecule has 214 valence electrons. The van der Waals surface area contributed by atoms with Crippen molar-refractivity contribution in [2.45, 2.75) is 19.5 Å². The Bertz CT molecular complexity index is 2100. The van der Waals surface area contributed by atoms with Gasteiger partial charge >= 0.3 is 0 Å². The van der Waals surface area contributed by atoms with Crippen molar-refractivity contribution in [2.24, 2.45) is 0 Å². The van der Waals surface area contributed by atoms with E-state index in [9.17, 15) is 4.79 Å². The average molecular weight is 593 g/mol. The van der Waals surface area contributed by atoms with Gasteiger partial charge in [-0.1, -0.05) is 78.1 Å². The minimum Gasteiger partial charge on any atom is -0.352 e. The molecule has 1 N–H and O–H groups in total. The van der Waals surface area contributed by atoms with Crippen LogP contribution in [-0.4, -0.2) is 32.2 Å². The van der Waals surface area contributed by atoms with Crippen molar-refractivity contribution < 1.29 is 4.79 Å². The van der Waals surface area contributed by atoms with E-state index in [0.717, 1.165) is 63.1 Å². The maximum Gasteiger partial charge on any atom is 0.257 e. The van der Waals surface area contributed by atoms with Crippen LogP contribution in [0.1, 0.15) is 27.0 Å². The van der Waals surface area contributed by atoms with E-state index < -0.39 is 0 Å². The summed E-state index contributed by atoms with van der Waals surface area (Å²) in [6, 6.07) is 34.8. The first kappa shape index (κ1) is 26.3. The van der Waals surface area contributed by atoms with Crippen LogP contribution in [0.4, 0.5) is 10.9 Å². The van der Waals surface area contributed by atoms with Crippen LogP contribution in [0.25, 0.3) is 32.2 Å². The Morgan fingerprint density at radius 2 is 1.73 bits per heavy atom. The molecule has 0 saturated heterocycles. The molecule has 4 aromatic carbocycles. The monoisotopic (exact) mass is 592 g/mol. The quantitative estimate of drug-likeness (QED) is 0.216. The zero-order valence-electron chi connectivity index (χ0n) is 23.9. The highest BCUT2D eigenvalue weighted by molar-refractivity contribution is 7.22. The number of hydrogen-bond acceptors (Lipinski definition) is 6. The van der Waals surface area contributed by atoms with Crippen molar-refractivity contribution in [3.05, 3.63) is 138 Å². The summed E-state index contributed by atoms with van der Waals surface area (Å²) < 4.78 is 3.10. The molecule has 1 aliphatic rings. The van der Waals surface area contributed by atoms with E-state index >= 15 is 0 Å². The van der Waals surface area contributed by atoms with Gasteiger partial charge in [0.05, 0.1) is 28.5 Å². The summed E-state index contributed by atoms with van der Waals surface area (Å²) in [5.41, 5.74) is 8.29. The van der Waals surface area contributed by atoms with Crippen molar-refractivity contribution in [3.8, 4) is 11.1 Å². The lowest BCUT2D eigenvalue weighted by Crippen LogP contribution is -2.32. The molecule has 7 nitrogen and oxygen atoms in total. The Labute approximate surface area is 258 Å². The lowest BCUT2D eigenvalue weighted by atomic mass is 9.94. The maximum atomic E-state index is 13.4. The molecule has 0 aliphatic carbocycles. The zero-order valence-corrected chi connectivity index (χ0v) is 24.7. The zero-order chi connectivity index (χ0) is 29.5. The highest BCUT2D eigenvalue weighted by Crippen LogP contribution is 2.32. The number of nitrogens with one attached hydrogen (secondary N) is 1. The highest BCUT2D eigenvalue weighted by Gasteiger charge is 2.23. The first-order valence-corrected chi connectivity index (χ1v) is 15.5. The van der Waals surface area contributed by atoms with Crippen LogP contribution < -0.4 is 10.2 Å². The number of nitrogens with zero attached hydrogens (tertiary/aromatic N) is 5. The van der Waals surface area contributed by atoms with Gasteiger partial charge in [-0.05, 0) is 65.1 Å². The number of hydrogen-bond donors (Lipinski definition) is 1. The number of pyridine rings is 1. The Hall–Kier alpha value is -5.34. The molecule has 7 aromatic rings. The summed E-state index contributed by atoms with van der Waals surface area (Å²) in [6.45, 7) is 2.18. The van der Waals surface area contributed by atoms with Crippen LogP contribution in [0.5, 0.6) is 0 Å². The van der Waals surface area contributed by atoms with E-state index in [2.05, 4.69) is 75.9 Å². The Balaban J connectivity index is 1.03. The number of carbonyl (C=O) groups is 1. The van der Waals surface area contributed by atoms with Gasteiger partial charge in [-0.3, -0.25) is 14.8 Å². The molecule has 0 radical (unpaired) electrons. The Kier molecular flexibility index (Phi) is 6.61. The fourth-order valence-electron chi connectivity index (χ4n) is 6.05. The Morgan fingerprint density at radius 1 is 0.864 bits per heavy atom. The molecule has 0 fully saturated rings. The van der Waals surface area contributed by atoms with E-state index in [1.54, 1.807) is 0 Å². The van der Waals surface area contributed by atoms with E-state index in [1.807, 2.05) is 59.5 Å². The summed E-state index contributed by atoms with van der Waals surface area (Å²) in [6.07, 6.45) is 4.74. The van der Waals surface area contributed by atoms with Gasteiger partial charge in [0.2, 0.25) is 0 Å². The molecular formula is C36H28N6OS. The lowest BCUT2D eigenvalue weighted by Gasteiger charge is -2.31. The van der Waals surface area contributed by atoms with Crippen molar-refractivity contribution in [2.75, 3.05) is 16.8 Å². The largest absolute Gasteiger partial charge is 0.352 e. The molecule has 0 bridgehead atoms. The van der Waals surface area contributed by atoms with Crippen molar-refractivity contribution in [1.29, 1.82) is 0 Å². The van der Waals surface area contributed by atoms with Crippen LogP contribution >= 0.6 is 11.3 Å². The van der Waals surface area contributed by atoms with Crippen LogP contribution in [-0.2, 0) is 19.5 Å². The molecule has 1 aliphatic heterocycles. The topological polar surface area (TPSA) is 75.9 Å². The molecule has 0 unspecified atom stereocenters. The third-order valence-corrected chi connectivity index (χ3v) is 9.23. The van der Waals surface area contributed by atoms with Crippen molar-refractivity contribution in [1.82, 2.24) is 19.7 Å². The summed E-state index contributed by atoms with van der Waals surface area (Å²) >= 11 is 1.49. The Morgan fingerprint density at radius 3 is 2.59 bits per heavy atom. The fraction of sp³-hybridized carbons (Fsp3) is 0.111. The number of amides is 1. The number of thiazole rings is 1. The molecule has 0 atom stereocenters. The minimum atomic E-state index is -0.132. The number of rotatable bonds is 6. The van der Waals surface area contributed by atoms with Gasteiger partial charge in [-0.15, -0.1) is 0 Å². The second kappa shape index (κ2) is 11.1. The molecule has 8 rings (SSSR count). The van der Waals surface area contributed by atoms with Gasteiger partial charge in [0.1, 0.15) is 5.82 Å². The van der Waals surface area contributed by atoms with Crippen molar-refractivity contribution in [3.63, 3.8) is 0 Å². The molecular weight excluding hydrogens is 565 g/mol. The number of para-hydroxylation sites is 1. The summed E-state index contributed by atoms with van der Waals surface area (Å²) in [5.74, 6) is 0.764. The minimum absolute atomic E-state index is 0.132. The average Bonchev–Trinajstić information content (AvgIpc) is 3.68. The lowest BCUT2D eigenvalue weighted by molar-refractivity contribution is 0.102. The van der Waals surface area contributed by atoms with Gasteiger partial charge in [-0.2, -0.15) is 5.10 Å². The third-order valence-electron chi connectivity index (χ3n) is 8.28. The molecule has 44 heavy (non-hydrogen) atoms. The summed E-state index contributed by atoms with van der Waals surface area (Å²) in [4.78, 5) is 25.2. The molecule has 8 heteroatoms. The van der Waals surface area contributed by atoms with Crippen LogP contribution in [0.15, 0.2) is 116 Å². The van der Waals surface area contributed by atoms with E-state index in [-0.39, 0.29) is 5.91 Å². The number of benzene rings is 4. The number of anilines is 2. The number of fused-ring (bicyclic) bond motifs is 3. The molecule has 0 spiro atoms. The standard InChI is InChI=1S/C36H28N6OS/c43-35(40-36-39-31-13-4-5-15-33(31)44-36)28-12-6-10-25-18-19-41(23-30(25)28)34-17-16-26(20-37-34)27-11-7-14-32-29(27)21-38-42(32)22-24-8-2-1-3-9-24/h1-17,20-21H,18-19,22-23H2,(H,39,40,43). The maximum absolute atomic E-state index is 13.4. The second-order valence-electron chi connectivity index (χ2n) is 11.0. The van der Waals surface area contributed by atoms with E-state index in [0.29, 0.717) is 17.2 Å². The van der Waals surface area contributed by atoms with Crippen LogP contribution in [0, 0.1) is 0 Å². The summed E-state index contributed by atoms with van der Waals surface area (Å²) in [5, 5.41) is 9.45. The van der Waals surface area contributed by atoms with Crippen LogP contribution in [0.3, 0.4) is 0 Å². The van der Waals surface area contributed by atoms with Gasteiger partial charge in [0.15, 0.2) is 5.13 Å². The van der Waals surface area contributed by atoms with Gasteiger partial charge < -0.3 is 4.90 Å². The van der Waals surface area contributed by atoms with Gasteiger partial charge in [-0.25, -0.2) is 9.97 Å². The summed E-state index contributed by atoms with van der Waals surface area (Å²) in [7, 11) is 0. The molecule has 1 amide bonds.